The number of hydrogen-bond acceptors (Lipinski definition) is 6. The lowest BCUT2D eigenvalue weighted by Crippen LogP contribution is -1.92. The Morgan fingerprint density at radius 2 is 0.917 bits per heavy atom. The van der Waals surface area contributed by atoms with Gasteiger partial charge in [0.2, 0.25) is 0 Å². The number of benzene rings is 2. The second-order valence-electron chi connectivity index (χ2n) is 4.69. The first-order valence-electron chi connectivity index (χ1n) is 7.27. The minimum atomic E-state index is 0.0142. The van der Waals surface area contributed by atoms with Crippen molar-refractivity contribution in [2.45, 2.75) is 13.2 Å². The highest BCUT2D eigenvalue weighted by atomic mass is 16.5. The molecular weight excluding hydrogens is 312 g/mol. The Morgan fingerprint density at radius 3 is 1.17 bits per heavy atom. The number of methoxy groups -OCH3 is 4. The lowest BCUT2D eigenvalue weighted by atomic mass is 10.2. The normalized spacial score (nSPS) is 9.58. The Labute approximate surface area is 142 Å². The standard InChI is InChI=1S/2C9H12O3/c2*1-11-8-4-3-7(6-10)5-9(8)12-2/h2*3-5,10H,6H2,1-2H3. The second-order valence-corrected chi connectivity index (χ2v) is 4.69. The van der Waals surface area contributed by atoms with Crippen LogP contribution in [0, 0.1) is 0 Å². The first kappa shape index (κ1) is 19.6. The Morgan fingerprint density at radius 1 is 0.583 bits per heavy atom. The van der Waals surface area contributed by atoms with Crippen molar-refractivity contribution in [2.75, 3.05) is 28.4 Å². The maximum atomic E-state index is 8.82. The van der Waals surface area contributed by atoms with Crippen molar-refractivity contribution in [1.82, 2.24) is 0 Å². The summed E-state index contributed by atoms with van der Waals surface area (Å²) in [4.78, 5) is 0. The molecule has 2 aromatic rings. The molecule has 0 heterocycles. The van der Waals surface area contributed by atoms with Crippen LogP contribution in [-0.4, -0.2) is 38.7 Å². The van der Waals surface area contributed by atoms with Gasteiger partial charge in [0.25, 0.3) is 0 Å². The quantitative estimate of drug-likeness (QED) is 0.843. The molecule has 0 bridgehead atoms. The van der Waals surface area contributed by atoms with Crippen molar-refractivity contribution in [3.8, 4) is 23.0 Å². The highest BCUT2D eigenvalue weighted by molar-refractivity contribution is 5.43. The monoisotopic (exact) mass is 336 g/mol. The molecule has 0 unspecified atom stereocenters. The molecule has 2 N–H and O–H groups in total. The van der Waals surface area contributed by atoms with Crippen LogP contribution >= 0.6 is 0 Å². The molecule has 0 amide bonds. The molecule has 0 radical (unpaired) electrons. The molecule has 0 saturated carbocycles. The van der Waals surface area contributed by atoms with Crippen molar-refractivity contribution in [2.24, 2.45) is 0 Å². The van der Waals surface area contributed by atoms with E-state index in [0.717, 1.165) is 11.1 Å². The van der Waals surface area contributed by atoms with E-state index in [1.165, 1.54) is 0 Å². The van der Waals surface area contributed by atoms with Gasteiger partial charge >= 0.3 is 0 Å². The summed E-state index contributed by atoms with van der Waals surface area (Å²) in [5.41, 5.74) is 1.63. The van der Waals surface area contributed by atoms with E-state index >= 15 is 0 Å². The zero-order chi connectivity index (χ0) is 17.9. The predicted molar refractivity (Wildman–Crippen MR) is 90.9 cm³/mol. The number of ether oxygens (including phenoxy) is 4. The molecule has 132 valence electrons. The Bertz CT molecular complexity index is 571. The second kappa shape index (κ2) is 10.4. The van der Waals surface area contributed by atoms with Gasteiger partial charge in [-0.1, -0.05) is 12.1 Å². The molecular formula is C18H24O6. The molecule has 0 atom stereocenters. The third-order valence-corrected chi connectivity index (χ3v) is 3.26. The van der Waals surface area contributed by atoms with E-state index in [0.29, 0.717) is 23.0 Å². The molecule has 2 aromatic carbocycles. The molecule has 0 aromatic heterocycles. The summed E-state index contributed by atoms with van der Waals surface area (Å²) in [7, 11) is 6.30. The van der Waals surface area contributed by atoms with Crippen LogP contribution in [0.4, 0.5) is 0 Å². The number of rotatable bonds is 6. The molecule has 0 aliphatic heterocycles. The summed E-state index contributed by atoms with van der Waals surface area (Å²) in [6.45, 7) is 0.0285. The van der Waals surface area contributed by atoms with Crippen LogP contribution in [0.3, 0.4) is 0 Å². The van der Waals surface area contributed by atoms with Crippen LogP contribution in [-0.2, 0) is 13.2 Å². The SMILES string of the molecule is COc1ccc(CO)cc1OC.COc1ccc(CO)cc1OC. The van der Waals surface area contributed by atoms with Gasteiger partial charge in [-0.05, 0) is 35.4 Å². The summed E-state index contributed by atoms with van der Waals surface area (Å²) in [6, 6.07) is 10.6. The molecule has 0 spiro atoms. The third kappa shape index (κ3) is 5.33. The molecule has 0 aliphatic rings. The number of aliphatic hydroxyl groups excluding tert-OH is 2. The van der Waals surface area contributed by atoms with E-state index in [-0.39, 0.29) is 13.2 Å². The predicted octanol–water partition coefficient (Wildman–Crippen LogP) is 2.39. The van der Waals surface area contributed by atoms with E-state index in [1.54, 1.807) is 64.8 Å². The summed E-state index contributed by atoms with van der Waals surface area (Å²) in [5.74, 6) is 2.64. The van der Waals surface area contributed by atoms with Crippen LogP contribution in [0.25, 0.3) is 0 Å². The molecule has 6 heteroatoms. The minimum absolute atomic E-state index is 0.0142. The summed E-state index contributed by atoms with van der Waals surface area (Å²) < 4.78 is 20.1. The van der Waals surface area contributed by atoms with Gasteiger partial charge in [0.1, 0.15) is 0 Å². The topological polar surface area (TPSA) is 77.4 Å². The van der Waals surface area contributed by atoms with Gasteiger partial charge in [-0.2, -0.15) is 0 Å². The molecule has 0 aliphatic carbocycles. The Kier molecular flexibility index (Phi) is 8.46. The molecule has 2 rings (SSSR count). The summed E-state index contributed by atoms with van der Waals surface area (Å²) >= 11 is 0. The summed E-state index contributed by atoms with van der Waals surface area (Å²) in [5, 5.41) is 17.6. The fraction of sp³-hybridized carbons (Fsp3) is 0.333. The van der Waals surface area contributed by atoms with E-state index in [4.69, 9.17) is 29.2 Å². The smallest absolute Gasteiger partial charge is 0.161 e. The van der Waals surface area contributed by atoms with E-state index in [1.807, 2.05) is 0 Å². The fourth-order valence-electron chi connectivity index (χ4n) is 1.96. The highest BCUT2D eigenvalue weighted by Gasteiger charge is 2.03. The van der Waals surface area contributed by atoms with Crippen molar-refractivity contribution in [1.29, 1.82) is 0 Å². The Balaban J connectivity index is 0.000000240. The summed E-state index contributed by atoms with van der Waals surface area (Å²) in [6.07, 6.45) is 0. The zero-order valence-electron chi connectivity index (χ0n) is 14.4. The van der Waals surface area contributed by atoms with Gasteiger partial charge < -0.3 is 29.2 Å². The van der Waals surface area contributed by atoms with Gasteiger partial charge in [-0.25, -0.2) is 0 Å². The third-order valence-electron chi connectivity index (χ3n) is 3.26. The lowest BCUT2D eigenvalue weighted by molar-refractivity contribution is 0.280. The van der Waals surface area contributed by atoms with E-state index < -0.39 is 0 Å². The van der Waals surface area contributed by atoms with Crippen LogP contribution < -0.4 is 18.9 Å². The number of aliphatic hydroxyl groups is 2. The largest absolute Gasteiger partial charge is 0.493 e. The van der Waals surface area contributed by atoms with Crippen LogP contribution in [0.1, 0.15) is 11.1 Å². The molecule has 6 nitrogen and oxygen atoms in total. The van der Waals surface area contributed by atoms with Crippen LogP contribution in [0.15, 0.2) is 36.4 Å². The maximum Gasteiger partial charge on any atom is 0.161 e. The highest BCUT2D eigenvalue weighted by Crippen LogP contribution is 2.28. The van der Waals surface area contributed by atoms with Crippen molar-refractivity contribution >= 4 is 0 Å². The van der Waals surface area contributed by atoms with Crippen molar-refractivity contribution < 1.29 is 29.2 Å². The van der Waals surface area contributed by atoms with E-state index in [2.05, 4.69) is 0 Å². The van der Waals surface area contributed by atoms with Gasteiger partial charge in [0.15, 0.2) is 23.0 Å². The van der Waals surface area contributed by atoms with E-state index in [9.17, 15) is 0 Å². The van der Waals surface area contributed by atoms with Crippen molar-refractivity contribution in [3.05, 3.63) is 47.5 Å². The zero-order valence-corrected chi connectivity index (χ0v) is 14.4. The van der Waals surface area contributed by atoms with Crippen molar-refractivity contribution in [3.63, 3.8) is 0 Å². The first-order chi connectivity index (χ1) is 11.6. The maximum absolute atomic E-state index is 8.82. The number of hydrogen-bond donors (Lipinski definition) is 2. The van der Waals surface area contributed by atoms with Gasteiger partial charge in [0.05, 0.1) is 41.7 Å². The average molecular weight is 336 g/mol. The van der Waals surface area contributed by atoms with Crippen LogP contribution in [0.5, 0.6) is 23.0 Å². The minimum Gasteiger partial charge on any atom is -0.493 e. The van der Waals surface area contributed by atoms with Gasteiger partial charge in [0, 0.05) is 0 Å². The molecule has 24 heavy (non-hydrogen) atoms. The average Bonchev–Trinajstić information content (AvgIpc) is 2.67. The van der Waals surface area contributed by atoms with Crippen LogP contribution in [0.2, 0.25) is 0 Å². The molecule has 0 fully saturated rings. The Hall–Kier alpha value is -2.44. The lowest BCUT2D eigenvalue weighted by Gasteiger charge is -2.07. The molecule has 0 saturated heterocycles. The van der Waals surface area contributed by atoms with Gasteiger partial charge in [-0.15, -0.1) is 0 Å². The first-order valence-corrected chi connectivity index (χ1v) is 7.27. The van der Waals surface area contributed by atoms with Gasteiger partial charge in [-0.3, -0.25) is 0 Å². The fourth-order valence-corrected chi connectivity index (χ4v) is 1.96.